The molecule has 0 aliphatic carbocycles. The highest BCUT2D eigenvalue weighted by atomic mass is 79.9. The van der Waals surface area contributed by atoms with E-state index in [1.807, 2.05) is 30.3 Å². The fourth-order valence-electron chi connectivity index (χ4n) is 1.21. The number of alkyl halides is 1. The van der Waals surface area contributed by atoms with Crippen molar-refractivity contribution in [2.24, 2.45) is 5.16 Å². The molecule has 0 spiro atoms. The maximum Gasteiger partial charge on any atom is 0.364 e. The van der Waals surface area contributed by atoms with Gasteiger partial charge in [-0.25, -0.2) is 4.79 Å². The van der Waals surface area contributed by atoms with E-state index in [4.69, 9.17) is 9.57 Å². The average molecular weight is 328 g/mol. The molecule has 0 amide bonds. The number of carbonyl (C=O) groups excluding carboxylic acids is 2. The molecule has 19 heavy (non-hydrogen) atoms. The van der Waals surface area contributed by atoms with Gasteiger partial charge in [0, 0.05) is 0 Å². The van der Waals surface area contributed by atoms with Gasteiger partial charge in [0.2, 0.25) is 11.5 Å². The van der Waals surface area contributed by atoms with Gasteiger partial charge in [-0.05, 0) is 12.5 Å². The van der Waals surface area contributed by atoms with E-state index in [1.54, 1.807) is 6.92 Å². The molecule has 0 bridgehead atoms. The molecule has 0 aliphatic rings. The lowest BCUT2D eigenvalue weighted by molar-refractivity contribution is -0.136. The van der Waals surface area contributed by atoms with Gasteiger partial charge in [-0.1, -0.05) is 51.4 Å². The van der Waals surface area contributed by atoms with Crippen LogP contribution in [0.25, 0.3) is 0 Å². The number of hydrogen-bond acceptors (Lipinski definition) is 5. The molecule has 0 atom stereocenters. The summed E-state index contributed by atoms with van der Waals surface area (Å²) in [6.07, 6.45) is 0. The van der Waals surface area contributed by atoms with E-state index in [1.165, 1.54) is 0 Å². The fourth-order valence-corrected chi connectivity index (χ4v) is 1.48. The molecule has 0 radical (unpaired) electrons. The Balaban J connectivity index is 2.67. The van der Waals surface area contributed by atoms with Crippen molar-refractivity contribution in [2.75, 3.05) is 11.9 Å². The topological polar surface area (TPSA) is 65.0 Å². The average Bonchev–Trinajstić information content (AvgIpc) is 2.44. The van der Waals surface area contributed by atoms with Crippen molar-refractivity contribution in [1.29, 1.82) is 0 Å². The smallest absolute Gasteiger partial charge is 0.364 e. The second kappa shape index (κ2) is 8.42. The minimum Gasteiger partial charge on any atom is -0.461 e. The Bertz CT molecular complexity index is 459. The molecule has 0 unspecified atom stereocenters. The Labute approximate surface area is 119 Å². The van der Waals surface area contributed by atoms with Crippen LogP contribution in [0.3, 0.4) is 0 Å². The van der Waals surface area contributed by atoms with E-state index in [0.29, 0.717) is 0 Å². The maximum absolute atomic E-state index is 11.5. The van der Waals surface area contributed by atoms with Crippen LogP contribution in [0.2, 0.25) is 0 Å². The third-order valence-corrected chi connectivity index (χ3v) is 2.59. The number of rotatable bonds is 7. The van der Waals surface area contributed by atoms with Crippen LogP contribution in [-0.2, 0) is 25.8 Å². The van der Waals surface area contributed by atoms with Crippen LogP contribution in [0.1, 0.15) is 12.5 Å². The highest BCUT2D eigenvalue weighted by Crippen LogP contribution is 2.02. The summed E-state index contributed by atoms with van der Waals surface area (Å²) in [4.78, 5) is 28.0. The van der Waals surface area contributed by atoms with Gasteiger partial charge in [-0.15, -0.1) is 0 Å². The van der Waals surface area contributed by atoms with Crippen molar-refractivity contribution >= 4 is 33.4 Å². The number of ketones is 1. The molecule has 1 rings (SSSR count). The molecular formula is C13H14BrNO4. The Morgan fingerprint density at radius 2 is 1.95 bits per heavy atom. The SMILES string of the molecule is CCOC(=O)/C(=N/OCc1ccccc1)C(=O)CBr. The van der Waals surface area contributed by atoms with Gasteiger partial charge < -0.3 is 9.57 Å². The first-order valence-electron chi connectivity index (χ1n) is 5.69. The summed E-state index contributed by atoms with van der Waals surface area (Å²) in [5.74, 6) is -1.26. The van der Waals surface area contributed by atoms with Crippen molar-refractivity contribution < 1.29 is 19.2 Å². The fraction of sp³-hybridized carbons (Fsp3) is 0.308. The number of nitrogens with zero attached hydrogens (tertiary/aromatic N) is 1. The van der Waals surface area contributed by atoms with Crippen LogP contribution in [0.5, 0.6) is 0 Å². The maximum atomic E-state index is 11.5. The molecule has 0 saturated heterocycles. The van der Waals surface area contributed by atoms with Crippen LogP contribution in [0, 0.1) is 0 Å². The Hall–Kier alpha value is -1.69. The largest absolute Gasteiger partial charge is 0.461 e. The predicted molar refractivity (Wildman–Crippen MR) is 74.1 cm³/mol. The normalized spacial score (nSPS) is 10.9. The molecule has 0 aromatic heterocycles. The van der Waals surface area contributed by atoms with Gasteiger partial charge in [0.1, 0.15) is 6.61 Å². The molecule has 0 aliphatic heterocycles. The summed E-state index contributed by atoms with van der Waals surface area (Å²) < 4.78 is 4.74. The first kappa shape index (κ1) is 15.4. The number of halogens is 1. The molecule has 0 heterocycles. The van der Waals surface area contributed by atoms with Crippen LogP contribution in [0.15, 0.2) is 35.5 Å². The highest BCUT2D eigenvalue weighted by Gasteiger charge is 2.21. The zero-order valence-electron chi connectivity index (χ0n) is 10.5. The summed E-state index contributed by atoms with van der Waals surface area (Å²) in [5.41, 5.74) is 0.551. The zero-order chi connectivity index (χ0) is 14.1. The van der Waals surface area contributed by atoms with E-state index >= 15 is 0 Å². The number of esters is 1. The quantitative estimate of drug-likeness (QED) is 0.253. The van der Waals surface area contributed by atoms with Gasteiger partial charge in [-0.2, -0.15) is 0 Å². The number of carbonyl (C=O) groups is 2. The second-order valence-electron chi connectivity index (χ2n) is 3.48. The molecule has 0 N–H and O–H groups in total. The van der Waals surface area contributed by atoms with Crippen molar-refractivity contribution in [1.82, 2.24) is 0 Å². The Morgan fingerprint density at radius 3 is 2.53 bits per heavy atom. The molecule has 1 aromatic rings. The lowest BCUT2D eigenvalue weighted by atomic mass is 10.2. The molecule has 102 valence electrons. The van der Waals surface area contributed by atoms with E-state index in [0.717, 1.165) is 5.56 Å². The van der Waals surface area contributed by atoms with Gasteiger partial charge in [0.25, 0.3) is 0 Å². The summed E-state index contributed by atoms with van der Waals surface area (Å²) in [5, 5.41) is 3.56. The number of ether oxygens (including phenoxy) is 1. The van der Waals surface area contributed by atoms with Gasteiger partial charge in [0.05, 0.1) is 11.9 Å². The number of benzene rings is 1. The molecule has 1 aromatic carbocycles. The van der Waals surface area contributed by atoms with Crippen LogP contribution >= 0.6 is 15.9 Å². The van der Waals surface area contributed by atoms with Crippen molar-refractivity contribution in [2.45, 2.75) is 13.5 Å². The van der Waals surface area contributed by atoms with E-state index in [2.05, 4.69) is 21.1 Å². The second-order valence-corrected chi connectivity index (χ2v) is 4.04. The molecule has 0 fully saturated rings. The van der Waals surface area contributed by atoms with Crippen molar-refractivity contribution in [3.05, 3.63) is 35.9 Å². The van der Waals surface area contributed by atoms with Gasteiger partial charge in [0.15, 0.2) is 0 Å². The van der Waals surface area contributed by atoms with Crippen LogP contribution in [0.4, 0.5) is 0 Å². The number of hydrogen-bond donors (Lipinski definition) is 0. The summed E-state index contributed by atoms with van der Waals surface area (Å²) in [6, 6.07) is 9.31. The summed E-state index contributed by atoms with van der Waals surface area (Å²) in [7, 11) is 0. The molecule has 0 saturated carbocycles. The third kappa shape index (κ3) is 5.21. The van der Waals surface area contributed by atoms with Gasteiger partial charge in [-0.3, -0.25) is 4.79 Å². The summed E-state index contributed by atoms with van der Waals surface area (Å²) in [6.45, 7) is 2.00. The summed E-state index contributed by atoms with van der Waals surface area (Å²) >= 11 is 2.98. The van der Waals surface area contributed by atoms with E-state index in [-0.39, 0.29) is 24.3 Å². The van der Waals surface area contributed by atoms with Crippen LogP contribution < -0.4 is 0 Å². The lowest BCUT2D eigenvalue weighted by Crippen LogP contribution is -2.27. The standard InChI is InChI=1S/C13H14BrNO4/c1-2-18-13(17)12(11(16)8-14)15-19-9-10-6-4-3-5-7-10/h3-7H,2,8-9H2,1H3/b15-12+. The first-order valence-corrected chi connectivity index (χ1v) is 6.81. The zero-order valence-corrected chi connectivity index (χ0v) is 12.1. The predicted octanol–water partition coefficient (Wildman–Crippen LogP) is 2.09. The minimum atomic E-state index is -0.778. The Morgan fingerprint density at radius 1 is 1.26 bits per heavy atom. The van der Waals surface area contributed by atoms with E-state index in [9.17, 15) is 9.59 Å². The number of oxime groups is 1. The molecular weight excluding hydrogens is 314 g/mol. The number of Topliss-reactive ketones (excluding diaryl/α,β-unsaturated/α-hetero) is 1. The monoisotopic (exact) mass is 327 g/mol. The molecule has 6 heteroatoms. The van der Waals surface area contributed by atoms with Crippen molar-refractivity contribution in [3.8, 4) is 0 Å². The lowest BCUT2D eigenvalue weighted by Gasteiger charge is -2.04. The first-order chi connectivity index (χ1) is 9.19. The van der Waals surface area contributed by atoms with Crippen LogP contribution in [-0.4, -0.2) is 29.4 Å². The third-order valence-electron chi connectivity index (χ3n) is 2.08. The molecule has 5 nitrogen and oxygen atoms in total. The van der Waals surface area contributed by atoms with Crippen molar-refractivity contribution in [3.63, 3.8) is 0 Å². The van der Waals surface area contributed by atoms with E-state index < -0.39 is 11.8 Å². The highest BCUT2D eigenvalue weighted by molar-refractivity contribution is 9.09. The van der Waals surface area contributed by atoms with Gasteiger partial charge >= 0.3 is 5.97 Å². The minimum absolute atomic E-state index is 0.0145. The Kier molecular flexibility index (Phi) is 6.81.